The van der Waals surface area contributed by atoms with Crippen LogP contribution in [-0.4, -0.2) is 68.7 Å². The Kier molecular flexibility index (Phi) is 7.15. The van der Waals surface area contributed by atoms with Gasteiger partial charge in [-0.1, -0.05) is 18.5 Å². The monoisotopic (exact) mass is 607 g/mol. The molecule has 3 aromatic rings. The lowest BCUT2D eigenvalue weighted by Crippen LogP contribution is -2.46. The average molecular weight is 609 g/mol. The highest BCUT2D eigenvalue weighted by Crippen LogP contribution is 2.45. The molecule has 9 nitrogen and oxygen atoms in total. The van der Waals surface area contributed by atoms with E-state index in [-0.39, 0.29) is 18.0 Å². The molecular formula is C25H32BrClN7O2P. The molecule has 12 heteroatoms. The summed E-state index contributed by atoms with van der Waals surface area (Å²) in [5.74, 6) is 0.656. The third-order valence-electron chi connectivity index (χ3n) is 7.62. The molecule has 1 aliphatic heterocycles. The van der Waals surface area contributed by atoms with E-state index in [1.54, 1.807) is 10.9 Å². The van der Waals surface area contributed by atoms with E-state index in [0.717, 1.165) is 29.5 Å². The number of benzene rings is 1. The fourth-order valence-electron chi connectivity index (χ4n) is 5.31. The molecule has 1 aliphatic carbocycles. The van der Waals surface area contributed by atoms with E-state index in [0.29, 0.717) is 53.1 Å². The van der Waals surface area contributed by atoms with Gasteiger partial charge in [0.05, 0.1) is 18.2 Å². The van der Waals surface area contributed by atoms with Crippen molar-refractivity contribution in [3.63, 3.8) is 0 Å². The number of carbonyl (C=O) groups excluding carboxylic acids is 1. The molecular weight excluding hydrogens is 577 g/mol. The van der Waals surface area contributed by atoms with Crippen LogP contribution in [0.15, 0.2) is 29.0 Å². The van der Waals surface area contributed by atoms with Crippen LogP contribution in [0.3, 0.4) is 0 Å². The summed E-state index contributed by atoms with van der Waals surface area (Å²) in [5.41, 5.74) is 7.95. The second-order valence-electron chi connectivity index (χ2n) is 10.8. The molecule has 198 valence electrons. The van der Waals surface area contributed by atoms with E-state index in [2.05, 4.69) is 31.3 Å². The highest BCUT2D eigenvalue weighted by Gasteiger charge is 2.44. The summed E-state index contributed by atoms with van der Waals surface area (Å²) in [4.78, 5) is 24.6. The normalized spacial score (nSPS) is 24.4. The first-order valence-corrected chi connectivity index (χ1v) is 16.2. The van der Waals surface area contributed by atoms with E-state index in [4.69, 9.17) is 22.3 Å². The summed E-state index contributed by atoms with van der Waals surface area (Å²) in [6, 6.07) is 5.53. The number of nitrogens with zero attached hydrogens (tertiary/aromatic N) is 5. The first-order valence-electron chi connectivity index (χ1n) is 12.5. The fraction of sp³-hybridized carbons (Fsp3) is 0.520. The number of halogens is 2. The van der Waals surface area contributed by atoms with Gasteiger partial charge < -0.3 is 20.5 Å². The highest BCUT2D eigenvalue weighted by atomic mass is 79.9. The lowest BCUT2D eigenvalue weighted by Gasteiger charge is -2.36. The number of nitrogens with one attached hydrogen (secondary N) is 1. The quantitative estimate of drug-likeness (QED) is 0.389. The van der Waals surface area contributed by atoms with Crippen LogP contribution in [-0.2, 0) is 9.36 Å². The van der Waals surface area contributed by atoms with Crippen molar-refractivity contribution in [1.29, 1.82) is 0 Å². The topological polar surface area (TPSA) is 119 Å². The van der Waals surface area contributed by atoms with Gasteiger partial charge in [-0.15, -0.1) is 0 Å². The number of aromatic nitrogens is 4. The van der Waals surface area contributed by atoms with Crippen LogP contribution in [0.2, 0.25) is 5.02 Å². The second kappa shape index (κ2) is 9.95. The average Bonchev–Trinajstić information content (AvgIpc) is 3.38. The van der Waals surface area contributed by atoms with Crippen LogP contribution in [0.4, 0.5) is 5.95 Å². The van der Waals surface area contributed by atoms with Crippen molar-refractivity contribution in [1.82, 2.24) is 24.6 Å². The number of hydrogen-bond acceptors (Lipinski definition) is 7. The Labute approximate surface area is 230 Å². The van der Waals surface area contributed by atoms with Gasteiger partial charge in [0.15, 0.2) is 5.65 Å². The van der Waals surface area contributed by atoms with Gasteiger partial charge in [-0.2, -0.15) is 10.1 Å². The number of carbonyl (C=O) groups is 1. The molecule has 5 rings (SSSR count). The maximum atomic E-state index is 13.4. The molecule has 3 N–H and O–H groups in total. The van der Waals surface area contributed by atoms with Crippen LogP contribution in [0.25, 0.3) is 16.7 Å². The van der Waals surface area contributed by atoms with E-state index in [1.807, 2.05) is 43.6 Å². The van der Waals surface area contributed by atoms with Crippen LogP contribution in [0.1, 0.15) is 44.7 Å². The molecule has 2 aromatic heterocycles. The number of rotatable bonds is 5. The minimum Gasteiger partial charge on any atom is -0.351 e. The van der Waals surface area contributed by atoms with Gasteiger partial charge in [0.1, 0.15) is 4.60 Å². The third kappa shape index (κ3) is 5.44. The van der Waals surface area contributed by atoms with Crippen LogP contribution >= 0.6 is 34.7 Å². The standard InChI is InChI=1S/C25H32BrClN7O2P/c1-15(28)16-10-17(27)12-19(11-16)34-22-20(21(26)32-34)14-29-24(31-22)30-18-4-5-25(2,13-18)23(35)33-6-8-37(3,36)9-7-33/h10-12,14-15,18H,4-9,13,28H2,1-3H3,(H,29,30,31)/t15-,18+,25+/m0/s1. The molecule has 0 unspecified atom stereocenters. The van der Waals surface area contributed by atoms with Crippen LogP contribution < -0.4 is 11.1 Å². The second-order valence-corrected chi connectivity index (χ2v) is 15.5. The maximum absolute atomic E-state index is 13.4. The summed E-state index contributed by atoms with van der Waals surface area (Å²) in [7, 11) is -2.08. The number of nitrogens with two attached hydrogens (primary N) is 1. The van der Waals surface area contributed by atoms with Crippen LogP contribution in [0, 0.1) is 5.41 Å². The van der Waals surface area contributed by atoms with Crippen molar-refractivity contribution < 1.29 is 9.36 Å². The highest BCUT2D eigenvalue weighted by molar-refractivity contribution is 9.10. The summed E-state index contributed by atoms with van der Waals surface area (Å²) < 4.78 is 14.7. The predicted octanol–water partition coefficient (Wildman–Crippen LogP) is 5.06. The summed E-state index contributed by atoms with van der Waals surface area (Å²) >= 11 is 9.89. The van der Waals surface area contributed by atoms with E-state index >= 15 is 0 Å². The van der Waals surface area contributed by atoms with Gasteiger partial charge >= 0.3 is 0 Å². The number of fused-ring (bicyclic) bond motifs is 1. The van der Waals surface area contributed by atoms with Crippen molar-refractivity contribution in [3.8, 4) is 5.69 Å². The van der Waals surface area contributed by atoms with E-state index in [9.17, 15) is 9.36 Å². The third-order valence-corrected chi connectivity index (χ3v) is 10.7. The van der Waals surface area contributed by atoms with E-state index in [1.165, 1.54) is 0 Å². The molecule has 0 spiro atoms. The zero-order valence-corrected chi connectivity index (χ0v) is 24.5. The first kappa shape index (κ1) is 26.6. The minimum absolute atomic E-state index is 0.0733. The van der Waals surface area contributed by atoms with Gasteiger partial charge in [0.2, 0.25) is 11.9 Å². The molecule has 1 saturated carbocycles. The zero-order valence-electron chi connectivity index (χ0n) is 21.2. The fourth-order valence-corrected chi connectivity index (χ4v) is 7.54. The predicted molar refractivity (Wildman–Crippen MR) is 151 cm³/mol. The Morgan fingerprint density at radius 2 is 2.05 bits per heavy atom. The largest absolute Gasteiger partial charge is 0.351 e. The summed E-state index contributed by atoms with van der Waals surface area (Å²) in [5, 5.41) is 9.41. The summed E-state index contributed by atoms with van der Waals surface area (Å²) in [6.45, 7) is 6.98. The van der Waals surface area contributed by atoms with Crippen molar-refractivity contribution in [2.24, 2.45) is 11.1 Å². The van der Waals surface area contributed by atoms with E-state index < -0.39 is 12.6 Å². The van der Waals surface area contributed by atoms with Crippen molar-refractivity contribution >= 4 is 57.6 Å². The molecule has 3 heterocycles. The van der Waals surface area contributed by atoms with Gasteiger partial charge in [0.25, 0.3) is 0 Å². The minimum atomic E-state index is -2.08. The molecule has 0 radical (unpaired) electrons. The van der Waals surface area contributed by atoms with Gasteiger partial charge in [-0.25, -0.2) is 9.67 Å². The molecule has 1 aromatic carbocycles. The molecule has 2 aliphatic rings. The molecule has 0 bridgehead atoms. The Hall–Kier alpha value is -2.00. The Balaban J connectivity index is 1.35. The molecule has 3 atom stereocenters. The molecule has 1 saturated heterocycles. The van der Waals surface area contributed by atoms with Crippen molar-refractivity contribution in [2.45, 2.75) is 45.2 Å². The lowest BCUT2D eigenvalue weighted by atomic mass is 9.86. The summed E-state index contributed by atoms with van der Waals surface area (Å²) in [6.07, 6.45) is 5.31. The van der Waals surface area contributed by atoms with Gasteiger partial charge in [-0.05, 0) is 72.5 Å². The molecule has 37 heavy (non-hydrogen) atoms. The first-order chi connectivity index (χ1) is 17.4. The van der Waals surface area contributed by atoms with Crippen molar-refractivity contribution in [3.05, 3.63) is 39.6 Å². The number of anilines is 1. The zero-order chi connectivity index (χ0) is 26.5. The number of hydrogen-bond donors (Lipinski definition) is 2. The Morgan fingerprint density at radius 1 is 1.32 bits per heavy atom. The number of amides is 1. The van der Waals surface area contributed by atoms with Gasteiger partial charge in [0, 0.05) is 54.1 Å². The van der Waals surface area contributed by atoms with Crippen LogP contribution in [0.5, 0.6) is 0 Å². The lowest BCUT2D eigenvalue weighted by molar-refractivity contribution is -0.140. The SMILES string of the molecule is C[C@H](N)c1cc(Cl)cc(-n2nc(Br)c3cnc(N[C@@H]4CC[C@@](C)(C(=O)N5CCP(C)(=O)CC5)C4)nc32)c1. The van der Waals surface area contributed by atoms with Gasteiger partial charge in [-0.3, -0.25) is 4.79 Å². The molecule has 2 fully saturated rings. The van der Waals surface area contributed by atoms with Crippen molar-refractivity contribution in [2.75, 3.05) is 37.4 Å². The Bertz CT molecular complexity index is 1400. The smallest absolute Gasteiger partial charge is 0.228 e. The maximum Gasteiger partial charge on any atom is 0.228 e. The Morgan fingerprint density at radius 3 is 2.76 bits per heavy atom. The molecule has 1 amide bonds.